The summed E-state index contributed by atoms with van der Waals surface area (Å²) in [5.41, 5.74) is 2.96. The van der Waals surface area contributed by atoms with E-state index in [0.29, 0.717) is 29.2 Å². The molecule has 1 saturated carbocycles. The van der Waals surface area contributed by atoms with E-state index in [4.69, 9.17) is 16.0 Å². The second-order valence-electron chi connectivity index (χ2n) is 6.63. The zero-order chi connectivity index (χ0) is 17.4. The average molecular weight is 358 g/mol. The van der Waals surface area contributed by atoms with Crippen molar-refractivity contribution in [2.24, 2.45) is 7.05 Å². The number of hydrogen-bond acceptors (Lipinski definition) is 3. The van der Waals surface area contributed by atoms with Gasteiger partial charge in [-0.2, -0.15) is 4.98 Å². The van der Waals surface area contributed by atoms with Crippen LogP contribution in [0.1, 0.15) is 41.7 Å². The van der Waals surface area contributed by atoms with Crippen LogP contribution in [-0.2, 0) is 13.6 Å². The zero-order valence-corrected chi connectivity index (χ0v) is 14.9. The van der Waals surface area contributed by atoms with E-state index in [1.165, 1.54) is 12.8 Å². The molecular weight excluding hydrogens is 338 g/mol. The lowest BCUT2D eigenvalue weighted by Crippen LogP contribution is -2.38. The fraction of sp³-hybridized carbons (Fsp3) is 0.368. The lowest BCUT2D eigenvalue weighted by Gasteiger charge is -2.29. The minimum atomic E-state index is 0.0362. The Kier molecular flexibility index (Phi) is 4.25. The molecule has 6 heteroatoms. The lowest BCUT2D eigenvalue weighted by molar-refractivity contribution is 0.0660. The Labute approximate surface area is 151 Å². The smallest absolute Gasteiger partial charge is 0.293 e. The van der Waals surface area contributed by atoms with Gasteiger partial charge in [-0.1, -0.05) is 12.8 Å². The second-order valence-corrected chi connectivity index (χ2v) is 6.95. The molecule has 0 N–H and O–H groups in total. The third kappa shape index (κ3) is 3.16. The molecule has 0 spiro atoms. The van der Waals surface area contributed by atoms with Crippen molar-refractivity contribution in [1.29, 1.82) is 0 Å². The van der Waals surface area contributed by atoms with E-state index in [0.717, 1.165) is 18.5 Å². The molecule has 2 aromatic heterocycles. The number of benzene rings is 1. The van der Waals surface area contributed by atoms with E-state index in [1.54, 1.807) is 18.2 Å². The molecule has 1 amide bonds. The third-order valence-electron chi connectivity index (χ3n) is 5.02. The van der Waals surface area contributed by atoms with Gasteiger partial charge in [0, 0.05) is 30.5 Å². The molecule has 0 bridgehead atoms. The molecule has 0 radical (unpaired) electrons. The third-order valence-corrected chi connectivity index (χ3v) is 5.18. The number of amides is 1. The predicted octanol–water partition coefficient (Wildman–Crippen LogP) is 4.40. The van der Waals surface area contributed by atoms with E-state index >= 15 is 0 Å². The molecule has 4 rings (SSSR count). The van der Waals surface area contributed by atoms with E-state index in [2.05, 4.69) is 15.6 Å². The van der Waals surface area contributed by atoms with Crippen LogP contribution in [0.2, 0.25) is 5.35 Å². The quantitative estimate of drug-likeness (QED) is 0.695. The molecule has 1 aromatic carbocycles. The van der Waals surface area contributed by atoms with Gasteiger partial charge in [-0.15, -0.1) is 0 Å². The molecule has 1 fully saturated rings. The van der Waals surface area contributed by atoms with Gasteiger partial charge in [0.1, 0.15) is 5.52 Å². The first-order chi connectivity index (χ1) is 12.1. The SMILES string of the molecule is Cn1cccc1CN(C(=O)c1ccc2oc(Cl)nc2c1)C1CCCC1. The Morgan fingerprint density at radius 3 is 2.88 bits per heavy atom. The first kappa shape index (κ1) is 16.2. The molecule has 3 aromatic rings. The van der Waals surface area contributed by atoms with Gasteiger partial charge in [-0.3, -0.25) is 4.79 Å². The van der Waals surface area contributed by atoms with Crippen molar-refractivity contribution in [3.8, 4) is 0 Å². The van der Waals surface area contributed by atoms with Gasteiger partial charge in [0.2, 0.25) is 0 Å². The highest BCUT2D eigenvalue weighted by Gasteiger charge is 2.28. The Hall–Kier alpha value is -2.27. The van der Waals surface area contributed by atoms with Crippen LogP contribution in [-0.4, -0.2) is 26.4 Å². The number of rotatable bonds is 4. The van der Waals surface area contributed by atoms with Crippen LogP contribution >= 0.6 is 11.6 Å². The molecule has 2 heterocycles. The summed E-state index contributed by atoms with van der Waals surface area (Å²) in [6.07, 6.45) is 6.50. The molecule has 0 aliphatic heterocycles. The van der Waals surface area contributed by atoms with Gasteiger partial charge < -0.3 is 13.9 Å². The van der Waals surface area contributed by atoms with Gasteiger partial charge >= 0.3 is 0 Å². The number of hydrogen-bond donors (Lipinski definition) is 0. The van der Waals surface area contributed by atoms with Crippen LogP contribution in [0.25, 0.3) is 11.1 Å². The summed E-state index contributed by atoms with van der Waals surface area (Å²) in [5, 5.41) is 0.0936. The lowest BCUT2D eigenvalue weighted by atomic mass is 10.1. The maximum Gasteiger partial charge on any atom is 0.293 e. The highest BCUT2D eigenvalue weighted by atomic mass is 35.5. The summed E-state index contributed by atoms with van der Waals surface area (Å²) in [5.74, 6) is 0.0362. The number of carbonyl (C=O) groups excluding carboxylic acids is 1. The Bertz CT molecular complexity index is 908. The van der Waals surface area contributed by atoms with Crippen molar-refractivity contribution in [1.82, 2.24) is 14.5 Å². The first-order valence-electron chi connectivity index (χ1n) is 8.59. The summed E-state index contributed by atoms with van der Waals surface area (Å²) in [4.78, 5) is 19.4. The maximum absolute atomic E-state index is 13.2. The Balaban J connectivity index is 1.66. The number of fused-ring (bicyclic) bond motifs is 1. The molecule has 0 saturated heterocycles. The second kappa shape index (κ2) is 6.56. The molecule has 130 valence electrons. The van der Waals surface area contributed by atoms with Crippen molar-refractivity contribution in [3.63, 3.8) is 0 Å². The summed E-state index contributed by atoms with van der Waals surface area (Å²) in [6.45, 7) is 0.616. The van der Waals surface area contributed by atoms with E-state index in [1.807, 2.05) is 24.2 Å². The number of nitrogens with zero attached hydrogens (tertiary/aromatic N) is 3. The van der Waals surface area contributed by atoms with Crippen molar-refractivity contribution in [3.05, 3.63) is 53.1 Å². The number of halogens is 1. The molecule has 0 atom stereocenters. The van der Waals surface area contributed by atoms with E-state index in [9.17, 15) is 4.79 Å². The van der Waals surface area contributed by atoms with Crippen LogP contribution in [0.3, 0.4) is 0 Å². The minimum absolute atomic E-state index is 0.0362. The largest absolute Gasteiger partial charge is 0.428 e. The summed E-state index contributed by atoms with van der Waals surface area (Å²) in [6, 6.07) is 9.68. The summed E-state index contributed by atoms with van der Waals surface area (Å²) >= 11 is 5.82. The number of aryl methyl sites for hydroxylation is 1. The summed E-state index contributed by atoms with van der Waals surface area (Å²) in [7, 11) is 2.01. The van der Waals surface area contributed by atoms with Crippen LogP contribution in [0, 0.1) is 0 Å². The predicted molar refractivity (Wildman–Crippen MR) is 96.6 cm³/mol. The van der Waals surface area contributed by atoms with Crippen molar-refractivity contribution in [2.45, 2.75) is 38.3 Å². The Morgan fingerprint density at radius 2 is 2.16 bits per heavy atom. The fourth-order valence-electron chi connectivity index (χ4n) is 3.62. The van der Waals surface area contributed by atoms with Gasteiger partial charge in [0.15, 0.2) is 5.58 Å². The van der Waals surface area contributed by atoms with Gasteiger partial charge in [-0.05, 0) is 54.8 Å². The maximum atomic E-state index is 13.2. The molecule has 1 aliphatic rings. The highest BCUT2D eigenvalue weighted by Crippen LogP contribution is 2.28. The van der Waals surface area contributed by atoms with E-state index < -0.39 is 0 Å². The topological polar surface area (TPSA) is 51.3 Å². The molecular formula is C19H20ClN3O2. The molecule has 0 unspecified atom stereocenters. The number of aromatic nitrogens is 2. The zero-order valence-electron chi connectivity index (χ0n) is 14.1. The summed E-state index contributed by atoms with van der Waals surface area (Å²) < 4.78 is 7.36. The Morgan fingerprint density at radius 1 is 1.36 bits per heavy atom. The molecule has 25 heavy (non-hydrogen) atoms. The van der Waals surface area contributed by atoms with E-state index in [-0.39, 0.29) is 11.3 Å². The molecule has 5 nitrogen and oxygen atoms in total. The van der Waals surface area contributed by atoms with Gasteiger partial charge in [0.05, 0.1) is 6.54 Å². The first-order valence-corrected chi connectivity index (χ1v) is 8.97. The van der Waals surface area contributed by atoms with Crippen molar-refractivity contribution in [2.75, 3.05) is 0 Å². The van der Waals surface area contributed by atoms with Crippen LogP contribution < -0.4 is 0 Å². The molecule has 1 aliphatic carbocycles. The minimum Gasteiger partial charge on any atom is -0.428 e. The number of carbonyl (C=O) groups is 1. The van der Waals surface area contributed by atoms with Crippen molar-refractivity contribution >= 4 is 28.6 Å². The van der Waals surface area contributed by atoms with Crippen molar-refractivity contribution < 1.29 is 9.21 Å². The number of oxazole rings is 1. The standard InChI is InChI=1S/C19H20ClN3O2/c1-22-10-4-7-15(22)12-23(14-5-2-3-6-14)18(24)13-8-9-17-16(11-13)21-19(20)25-17/h4,7-11,14H,2-3,5-6,12H2,1H3. The van der Waals surface area contributed by atoms with Crippen LogP contribution in [0.15, 0.2) is 40.9 Å². The van der Waals surface area contributed by atoms with Crippen LogP contribution in [0.4, 0.5) is 0 Å². The monoisotopic (exact) mass is 357 g/mol. The van der Waals surface area contributed by atoms with Crippen LogP contribution in [0.5, 0.6) is 0 Å². The highest BCUT2D eigenvalue weighted by molar-refractivity contribution is 6.28. The fourth-order valence-corrected chi connectivity index (χ4v) is 3.79. The van der Waals surface area contributed by atoms with Gasteiger partial charge in [0.25, 0.3) is 11.3 Å². The normalized spacial score (nSPS) is 15.1. The average Bonchev–Trinajstić information content (AvgIpc) is 3.32. The van der Waals surface area contributed by atoms with Gasteiger partial charge in [-0.25, -0.2) is 0 Å².